The number of nitrogens with zero attached hydrogens (tertiary/aromatic N) is 1. The second kappa shape index (κ2) is 4.14. The number of benzene rings is 1. The van der Waals surface area contributed by atoms with E-state index in [9.17, 15) is 19.3 Å². The molecule has 7 heteroatoms. The zero-order valence-corrected chi connectivity index (χ0v) is 8.25. The predicted molar refractivity (Wildman–Crippen MR) is 50.4 cm³/mol. The summed E-state index contributed by atoms with van der Waals surface area (Å²) in [6, 6.07) is 2.13. The summed E-state index contributed by atoms with van der Waals surface area (Å²) in [5.41, 5.74) is -0.933. The van der Waals surface area contributed by atoms with E-state index in [-0.39, 0.29) is 10.9 Å². The van der Waals surface area contributed by atoms with E-state index in [1.54, 1.807) is 0 Å². The molecule has 0 saturated heterocycles. The lowest BCUT2D eigenvalue weighted by Crippen LogP contribution is -2.02. The molecular formula is C7H4BrFN2O3. The number of nitro benzene ring substituents is 1. The molecule has 0 aliphatic rings. The summed E-state index contributed by atoms with van der Waals surface area (Å²) in [6.45, 7) is 0. The summed E-state index contributed by atoms with van der Waals surface area (Å²) < 4.78 is 13.3. The standard InChI is InChI=1S/C7H4BrFN2O3/c8-4-1-5(9)7(10-3-12)6(2-4)11(13)14/h1-3H,(H,10,12). The molecule has 0 saturated carbocycles. The predicted octanol–water partition coefficient (Wildman–Crippen LogP) is 2.06. The Hall–Kier alpha value is -1.50. The molecule has 0 aliphatic heterocycles. The maximum Gasteiger partial charge on any atom is 0.296 e. The molecule has 0 unspecified atom stereocenters. The van der Waals surface area contributed by atoms with Crippen molar-refractivity contribution in [1.82, 2.24) is 0 Å². The molecule has 0 fully saturated rings. The third kappa shape index (κ3) is 2.05. The third-order valence-corrected chi connectivity index (χ3v) is 1.89. The number of carbonyl (C=O) groups is 1. The molecule has 0 heterocycles. The van der Waals surface area contributed by atoms with Gasteiger partial charge >= 0.3 is 0 Å². The Kier molecular flexibility index (Phi) is 3.13. The van der Waals surface area contributed by atoms with Crippen LogP contribution in [0.3, 0.4) is 0 Å². The highest BCUT2D eigenvalue weighted by Crippen LogP contribution is 2.30. The van der Waals surface area contributed by atoms with E-state index in [1.807, 2.05) is 5.32 Å². The highest BCUT2D eigenvalue weighted by molar-refractivity contribution is 9.10. The van der Waals surface area contributed by atoms with E-state index < -0.39 is 22.1 Å². The van der Waals surface area contributed by atoms with Gasteiger partial charge in [0.05, 0.1) is 4.92 Å². The SMILES string of the molecule is O=CNc1c(F)cc(Br)cc1[N+](=O)[O-]. The fourth-order valence-corrected chi connectivity index (χ4v) is 1.32. The maximum atomic E-state index is 13.1. The Bertz CT molecular complexity index is 397. The Morgan fingerprint density at radius 2 is 2.21 bits per heavy atom. The largest absolute Gasteiger partial charge is 0.321 e. The number of hydrogen-bond donors (Lipinski definition) is 1. The van der Waals surface area contributed by atoms with Crippen LogP contribution in [-0.2, 0) is 4.79 Å². The molecule has 1 aromatic rings. The lowest BCUT2D eigenvalue weighted by molar-refractivity contribution is -0.384. The van der Waals surface area contributed by atoms with Crippen LogP contribution in [0.25, 0.3) is 0 Å². The van der Waals surface area contributed by atoms with Crippen molar-refractivity contribution in [3.05, 3.63) is 32.5 Å². The van der Waals surface area contributed by atoms with E-state index in [0.29, 0.717) is 0 Å². The molecule has 1 amide bonds. The van der Waals surface area contributed by atoms with Gasteiger partial charge in [0.25, 0.3) is 5.69 Å². The van der Waals surface area contributed by atoms with Crippen LogP contribution in [0.5, 0.6) is 0 Å². The van der Waals surface area contributed by atoms with Gasteiger partial charge < -0.3 is 5.32 Å². The first-order chi connectivity index (χ1) is 6.56. The number of carbonyl (C=O) groups excluding carboxylic acids is 1. The maximum absolute atomic E-state index is 13.1. The summed E-state index contributed by atoms with van der Waals surface area (Å²) in [5.74, 6) is -0.863. The van der Waals surface area contributed by atoms with Crippen molar-refractivity contribution in [3.63, 3.8) is 0 Å². The number of amides is 1. The molecule has 0 aliphatic carbocycles. The molecule has 14 heavy (non-hydrogen) atoms. The van der Waals surface area contributed by atoms with Gasteiger partial charge in [0.1, 0.15) is 0 Å². The molecule has 5 nitrogen and oxygen atoms in total. The number of hydrogen-bond acceptors (Lipinski definition) is 3. The van der Waals surface area contributed by atoms with Gasteiger partial charge in [-0.1, -0.05) is 15.9 Å². The zero-order valence-electron chi connectivity index (χ0n) is 6.66. The van der Waals surface area contributed by atoms with Crippen molar-refractivity contribution in [2.24, 2.45) is 0 Å². The second-order valence-corrected chi connectivity index (χ2v) is 3.22. The fraction of sp³-hybridized carbons (Fsp3) is 0. The zero-order chi connectivity index (χ0) is 10.7. The molecule has 0 bridgehead atoms. The molecule has 0 radical (unpaired) electrons. The lowest BCUT2D eigenvalue weighted by Gasteiger charge is -2.02. The van der Waals surface area contributed by atoms with Gasteiger partial charge in [0.15, 0.2) is 11.5 Å². The van der Waals surface area contributed by atoms with Gasteiger partial charge in [-0.05, 0) is 6.07 Å². The topological polar surface area (TPSA) is 72.2 Å². The van der Waals surface area contributed by atoms with E-state index >= 15 is 0 Å². The Labute approximate surface area is 86.2 Å². The molecule has 74 valence electrons. The lowest BCUT2D eigenvalue weighted by atomic mass is 10.2. The highest BCUT2D eigenvalue weighted by Gasteiger charge is 2.18. The van der Waals surface area contributed by atoms with Crippen molar-refractivity contribution < 1.29 is 14.1 Å². The number of nitrogens with one attached hydrogen (secondary N) is 1. The molecular weight excluding hydrogens is 259 g/mol. The van der Waals surface area contributed by atoms with Gasteiger partial charge in [-0.15, -0.1) is 0 Å². The minimum atomic E-state index is -0.863. The number of rotatable bonds is 3. The van der Waals surface area contributed by atoms with Crippen LogP contribution in [0.1, 0.15) is 0 Å². The minimum absolute atomic E-state index is 0.180. The minimum Gasteiger partial charge on any atom is -0.321 e. The number of halogens is 2. The molecule has 0 spiro atoms. The van der Waals surface area contributed by atoms with E-state index in [1.165, 1.54) is 0 Å². The number of nitro groups is 1. The molecule has 0 aromatic heterocycles. The van der Waals surface area contributed by atoms with Gasteiger partial charge in [-0.2, -0.15) is 0 Å². The Morgan fingerprint density at radius 3 is 2.71 bits per heavy atom. The van der Waals surface area contributed by atoms with Crippen LogP contribution in [0.2, 0.25) is 0 Å². The first kappa shape index (κ1) is 10.6. The van der Waals surface area contributed by atoms with Gasteiger partial charge in [-0.3, -0.25) is 14.9 Å². The monoisotopic (exact) mass is 262 g/mol. The van der Waals surface area contributed by atoms with E-state index in [0.717, 1.165) is 12.1 Å². The molecule has 1 N–H and O–H groups in total. The fourth-order valence-electron chi connectivity index (χ4n) is 0.906. The average molecular weight is 263 g/mol. The molecule has 1 rings (SSSR count). The van der Waals surface area contributed by atoms with Crippen molar-refractivity contribution >= 4 is 33.7 Å². The summed E-state index contributed by atoms with van der Waals surface area (Å²) in [6.07, 6.45) is 0.180. The second-order valence-electron chi connectivity index (χ2n) is 2.30. The normalized spacial score (nSPS) is 9.57. The first-order valence-corrected chi connectivity index (χ1v) is 4.19. The van der Waals surface area contributed by atoms with Crippen LogP contribution in [-0.4, -0.2) is 11.3 Å². The summed E-state index contributed by atoms with van der Waals surface area (Å²) in [4.78, 5) is 19.8. The third-order valence-electron chi connectivity index (χ3n) is 1.43. The molecule has 1 aromatic carbocycles. The van der Waals surface area contributed by atoms with Crippen molar-refractivity contribution in [3.8, 4) is 0 Å². The van der Waals surface area contributed by atoms with Gasteiger partial charge in [0.2, 0.25) is 6.41 Å². The average Bonchev–Trinajstić information content (AvgIpc) is 2.09. The van der Waals surface area contributed by atoms with Gasteiger partial charge in [-0.25, -0.2) is 4.39 Å². The molecule has 0 atom stereocenters. The van der Waals surface area contributed by atoms with Crippen LogP contribution < -0.4 is 5.32 Å². The first-order valence-electron chi connectivity index (χ1n) is 3.40. The number of anilines is 1. The summed E-state index contributed by atoms with van der Waals surface area (Å²) in [5, 5.41) is 12.4. The van der Waals surface area contributed by atoms with E-state index in [2.05, 4.69) is 15.9 Å². The van der Waals surface area contributed by atoms with Crippen molar-refractivity contribution in [1.29, 1.82) is 0 Å². The highest BCUT2D eigenvalue weighted by atomic mass is 79.9. The smallest absolute Gasteiger partial charge is 0.296 e. The van der Waals surface area contributed by atoms with Gasteiger partial charge in [0, 0.05) is 10.5 Å². The van der Waals surface area contributed by atoms with Crippen LogP contribution in [0.15, 0.2) is 16.6 Å². The summed E-state index contributed by atoms with van der Waals surface area (Å²) >= 11 is 2.91. The Balaban J connectivity index is 3.35. The van der Waals surface area contributed by atoms with Crippen molar-refractivity contribution in [2.45, 2.75) is 0 Å². The summed E-state index contributed by atoms with van der Waals surface area (Å²) in [7, 11) is 0. The van der Waals surface area contributed by atoms with E-state index in [4.69, 9.17) is 0 Å². The quantitative estimate of drug-likeness (QED) is 0.515. The van der Waals surface area contributed by atoms with Crippen LogP contribution in [0, 0.1) is 15.9 Å². The van der Waals surface area contributed by atoms with Crippen LogP contribution in [0.4, 0.5) is 15.8 Å². The van der Waals surface area contributed by atoms with Crippen LogP contribution >= 0.6 is 15.9 Å². The van der Waals surface area contributed by atoms with Crippen molar-refractivity contribution in [2.75, 3.05) is 5.32 Å². The Morgan fingerprint density at radius 1 is 1.57 bits per heavy atom.